The Morgan fingerprint density at radius 2 is 1.89 bits per heavy atom. The van der Waals surface area contributed by atoms with Crippen molar-refractivity contribution in [3.8, 4) is 0 Å². The van der Waals surface area contributed by atoms with Gasteiger partial charge in [0, 0.05) is 32.3 Å². The topological polar surface area (TPSA) is 78.9 Å². The highest BCUT2D eigenvalue weighted by atomic mass is 16.5. The van der Waals surface area contributed by atoms with Gasteiger partial charge in [-0.15, -0.1) is 0 Å². The number of carboxylic acids is 1. The molecule has 6 nitrogen and oxygen atoms in total. The van der Waals surface area contributed by atoms with E-state index in [2.05, 4.69) is 5.32 Å². The number of nitrogens with zero attached hydrogens (tertiary/aromatic N) is 1. The maximum absolute atomic E-state index is 12.0. The van der Waals surface area contributed by atoms with E-state index in [0.29, 0.717) is 13.2 Å². The van der Waals surface area contributed by atoms with E-state index in [1.165, 1.54) is 0 Å². The van der Waals surface area contributed by atoms with Gasteiger partial charge in [0.1, 0.15) is 0 Å². The predicted molar refractivity (Wildman–Crippen MR) is 73.2 cm³/mol. The van der Waals surface area contributed by atoms with E-state index in [9.17, 15) is 9.59 Å². The standard InChI is InChI=1S/C13H26N2O4/c1-13(2,3)15(9-7-11(16)17)12(18)14-8-5-6-10-19-4/h5-10H2,1-4H3,(H,14,18)(H,16,17). The first-order valence-electron chi connectivity index (χ1n) is 6.55. The fraction of sp³-hybridized carbons (Fsp3) is 0.846. The summed E-state index contributed by atoms with van der Waals surface area (Å²) in [5.41, 5.74) is -0.397. The van der Waals surface area contributed by atoms with Gasteiger partial charge in [0.2, 0.25) is 0 Å². The first kappa shape index (κ1) is 17.7. The van der Waals surface area contributed by atoms with E-state index in [-0.39, 0.29) is 19.0 Å². The molecule has 0 unspecified atom stereocenters. The van der Waals surface area contributed by atoms with Crippen LogP contribution < -0.4 is 5.32 Å². The van der Waals surface area contributed by atoms with E-state index in [0.717, 1.165) is 12.8 Å². The summed E-state index contributed by atoms with van der Waals surface area (Å²) in [4.78, 5) is 24.2. The van der Waals surface area contributed by atoms with Crippen molar-refractivity contribution in [2.45, 2.75) is 45.6 Å². The van der Waals surface area contributed by atoms with Gasteiger partial charge in [-0.25, -0.2) is 4.79 Å². The molecule has 0 aromatic carbocycles. The summed E-state index contributed by atoms with van der Waals surface area (Å²) in [6.07, 6.45) is 1.69. The van der Waals surface area contributed by atoms with Crippen LogP contribution in [0, 0.1) is 0 Å². The van der Waals surface area contributed by atoms with E-state index < -0.39 is 11.5 Å². The van der Waals surface area contributed by atoms with Crippen LogP contribution in [-0.4, -0.2) is 54.4 Å². The Balaban J connectivity index is 4.20. The molecule has 0 rings (SSSR count). The Labute approximate surface area is 115 Å². The van der Waals surface area contributed by atoms with Crippen molar-refractivity contribution >= 4 is 12.0 Å². The van der Waals surface area contributed by atoms with Crippen molar-refractivity contribution in [3.05, 3.63) is 0 Å². The molecule has 0 radical (unpaired) electrons. The molecule has 0 aliphatic rings. The second-order valence-corrected chi connectivity index (χ2v) is 5.40. The molecule has 0 aromatic heterocycles. The SMILES string of the molecule is COCCCCNC(=O)N(CCC(=O)O)C(C)(C)C. The lowest BCUT2D eigenvalue weighted by Gasteiger charge is -2.35. The number of methoxy groups -OCH3 is 1. The average molecular weight is 274 g/mol. The molecule has 0 bridgehead atoms. The Morgan fingerprint density at radius 3 is 2.37 bits per heavy atom. The number of urea groups is 1. The van der Waals surface area contributed by atoms with Crippen LogP contribution in [0.15, 0.2) is 0 Å². The van der Waals surface area contributed by atoms with E-state index in [1.54, 1.807) is 12.0 Å². The van der Waals surface area contributed by atoms with Gasteiger partial charge in [0.15, 0.2) is 0 Å². The third kappa shape index (κ3) is 8.42. The van der Waals surface area contributed by atoms with Crippen LogP contribution in [0.2, 0.25) is 0 Å². The highest BCUT2D eigenvalue weighted by Gasteiger charge is 2.26. The van der Waals surface area contributed by atoms with Gasteiger partial charge in [-0.1, -0.05) is 0 Å². The Hall–Kier alpha value is -1.30. The number of carbonyl (C=O) groups excluding carboxylic acids is 1. The highest BCUT2D eigenvalue weighted by Crippen LogP contribution is 2.13. The number of ether oxygens (including phenoxy) is 1. The zero-order chi connectivity index (χ0) is 14.9. The van der Waals surface area contributed by atoms with E-state index in [1.807, 2.05) is 20.8 Å². The molecule has 0 saturated carbocycles. The number of carbonyl (C=O) groups is 2. The summed E-state index contributed by atoms with van der Waals surface area (Å²) in [5.74, 6) is -0.901. The monoisotopic (exact) mass is 274 g/mol. The number of hydrogen-bond acceptors (Lipinski definition) is 3. The number of amides is 2. The third-order valence-electron chi connectivity index (χ3n) is 2.66. The van der Waals surface area contributed by atoms with Gasteiger partial charge >= 0.3 is 12.0 Å². The maximum Gasteiger partial charge on any atom is 0.317 e. The molecule has 0 spiro atoms. The second-order valence-electron chi connectivity index (χ2n) is 5.40. The number of hydrogen-bond donors (Lipinski definition) is 2. The summed E-state index contributed by atoms with van der Waals surface area (Å²) in [6.45, 7) is 7.13. The lowest BCUT2D eigenvalue weighted by molar-refractivity contribution is -0.137. The summed E-state index contributed by atoms with van der Waals surface area (Å²) < 4.78 is 4.93. The molecule has 112 valence electrons. The van der Waals surface area contributed by atoms with Crippen molar-refractivity contribution in [2.75, 3.05) is 26.8 Å². The van der Waals surface area contributed by atoms with Crippen molar-refractivity contribution in [3.63, 3.8) is 0 Å². The van der Waals surface area contributed by atoms with Crippen LogP contribution in [0.1, 0.15) is 40.0 Å². The quantitative estimate of drug-likeness (QED) is 0.660. The molecule has 0 aromatic rings. The third-order valence-corrected chi connectivity index (χ3v) is 2.66. The fourth-order valence-electron chi connectivity index (χ4n) is 1.61. The van der Waals surface area contributed by atoms with Gasteiger partial charge in [-0.3, -0.25) is 4.79 Å². The van der Waals surface area contributed by atoms with Crippen LogP contribution in [0.3, 0.4) is 0 Å². The van der Waals surface area contributed by atoms with Crippen molar-refractivity contribution in [1.29, 1.82) is 0 Å². The molecular weight excluding hydrogens is 248 g/mol. The van der Waals surface area contributed by atoms with Crippen LogP contribution in [-0.2, 0) is 9.53 Å². The number of carboxylic acid groups (broad SMARTS) is 1. The molecule has 0 heterocycles. The summed E-state index contributed by atoms with van der Waals surface area (Å²) in [6, 6.07) is -0.217. The van der Waals surface area contributed by atoms with Crippen LogP contribution in [0.25, 0.3) is 0 Å². The van der Waals surface area contributed by atoms with Gasteiger partial charge in [-0.05, 0) is 33.6 Å². The number of nitrogens with one attached hydrogen (secondary N) is 1. The molecule has 0 saturated heterocycles. The molecule has 2 amide bonds. The van der Waals surface area contributed by atoms with Gasteiger partial charge in [-0.2, -0.15) is 0 Å². The van der Waals surface area contributed by atoms with Crippen LogP contribution in [0.5, 0.6) is 0 Å². The summed E-state index contributed by atoms with van der Waals surface area (Å²) >= 11 is 0. The first-order chi connectivity index (χ1) is 8.79. The predicted octanol–water partition coefficient (Wildman–Crippen LogP) is 1.70. The number of rotatable bonds is 8. The second kappa shape index (κ2) is 8.74. The first-order valence-corrected chi connectivity index (χ1v) is 6.55. The number of aliphatic carboxylic acids is 1. The Morgan fingerprint density at radius 1 is 1.26 bits per heavy atom. The summed E-state index contributed by atoms with van der Waals surface area (Å²) in [7, 11) is 1.64. The lowest BCUT2D eigenvalue weighted by atomic mass is 10.1. The van der Waals surface area contributed by atoms with Crippen molar-refractivity contribution in [1.82, 2.24) is 10.2 Å². The molecule has 6 heteroatoms. The maximum atomic E-state index is 12.0. The zero-order valence-corrected chi connectivity index (χ0v) is 12.4. The minimum atomic E-state index is -0.901. The van der Waals surface area contributed by atoms with Gasteiger partial charge in [0.05, 0.1) is 6.42 Å². The molecule has 0 aliphatic carbocycles. The van der Waals surface area contributed by atoms with Crippen LogP contribution in [0.4, 0.5) is 4.79 Å². The van der Waals surface area contributed by atoms with E-state index in [4.69, 9.17) is 9.84 Å². The normalized spacial score (nSPS) is 11.2. The lowest BCUT2D eigenvalue weighted by Crippen LogP contribution is -2.51. The Kier molecular flexibility index (Phi) is 8.14. The largest absolute Gasteiger partial charge is 0.481 e. The average Bonchev–Trinajstić information content (AvgIpc) is 2.26. The fourth-order valence-corrected chi connectivity index (χ4v) is 1.61. The van der Waals surface area contributed by atoms with Crippen LogP contribution >= 0.6 is 0 Å². The Bertz CT molecular complexity index is 287. The van der Waals surface area contributed by atoms with E-state index >= 15 is 0 Å². The van der Waals surface area contributed by atoms with Crippen molar-refractivity contribution < 1.29 is 19.4 Å². The minimum Gasteiger partial charge on any atom is -0.481 e. The molecular formula is C13H26N2O4. The van der Waals surface area contributed by atoms with Crippen molar-refractivity contribution in [2.24, 2.45) is 0 Å². The zero-order valence-electron chi connectivity index (χ0n) is 12.4. The highest BCUT2D eigenvalue weighted by molar-refractivity contribution is 5.76. The minimum absolute atomic E-state index is 0.0473. The molecule has 19 heavy (non-hydrogen) atoms. The molecule has 0 aliphatic heterocycles. The van der Waals surface area contributed by atoms with Gasteiger partial charge in [0.25, 0.3) is 0 Å². The molecule has 0 atom stereocenters. The molecule has 0 fully saturated rings. The summed E-state index contributed by atoms with van der Waals surface area (Å²) in [5, 5.41) is 11.5. The smallest absolute Gasteiger partial charge is 0.317 e. The molecule has 2 N–H and O–H groups in total. The van der Waals surface area contributed by atoms with Gasteiger partial charge < -0.3 is 20.1 Å². The number of unbranched alkanes of at least 4 members (excludes halogenated alkanes) is 1.